The number of hydrogen-bond donors (Lipinski definition) is 2. The summed E-state index contributed by atoms with van der Waals surface area (Å²) in [6, 6.07) is 8.48. The quantitative estimate of drug-likeness (QED) is 0.883. The molecular weight excluding hydrogens is 282 g/mol. The van der Waals surface area contributed by atoms with E-state index in [-0.39, 0.29) is 18.1 Å². The minimum Gasteiger partial charge on any atom is -0.373 e. The van der Waals surface area contributed by atoms with Crippen molar-refractivity contribution in [1.82, 2.24) is 15.5 Å². The maximum Gasteiger partial charge on any atom is 0.321 e. The third kappa shape index (κ3) is 4.05. The van der Waals surface area contributed by atoms with Crippen molar-refractivity contribution in [2.24, 2.45) is 0 Å². The van der Waals surface area contributed by atoms with Crippen LogP contribution < -0.4 is 10.6 Å². The van der Waals surface area contributed by atoms with Gasteiger partial charge in [0, 0.05) is 20.1 Å². The lowest BCUT2D eigenvalue weighted by Gasteiger charge is -2.39. The van der Waals surface area contributed by atoms with Crippen LogP contribution >= 0.6 is 0 Å². The van der Waals surface area contributed by atoms with Crippen LogP contribution in [0.15, 0.2) is 30.3 Å². The molecule has 0 aliphatic carbocycles. The molecule has 0 unspecified atom stereocenters. The molecule has 1 saturated heterocycles. The van der Waals surface area contributed by atoms with Crippen molar-refractivity contribution >= 4 is 11.9 Å². The molecule has 1 aromatic carbocycles. The van der Waals surface area contributed by atoms with Gasteiger partial charge in [-0.1, -0.05) is 30.3 Å². The van der Waals surface area contributed by atoms with Crippen LogP contribution in [0.25, 0.3) is 0 Å². The SMILES string of the molecule is CNC(=O)NC(=O)[C@H](c1ccccc1)N1C[C@H](C)O[C@@H](C)C1. The molecule has 1 heterocycles. The lowest BCUT2D eigenvalue weighted by molar-refractivity contribution is -0.132. The fourth-order valence-electron chi connectivity index (χ4n) is 2.83. The predicted octanol–water partition coefficient (Wildman–Crippen LogP) is 1.29. The number of urea groups is 1. The second kappa shape index (κ2) is 7.38. The van der Waals surface area contributed by atoms with E-state index in [0.29, 0.717) is 13.1 Å². The summed E-state index contributed by atoms with van der Waals surface area (Å²) in [4.78, 5) is 26.1. The molecule has 22 heavy (non-hydrogen) atoms. The summed E-state index contributed by atoms with van der Waals surface area (Å²) in [5.41, 5.74) is 0.866. The normalized spacial score (nSPS) is 23.6. The monoisotopic (exact) mass is 305 g/mol. The first-order valence-electron chi connectivity index (χ1n) is 7.48. The van der Waals surface area contributed by atoms with Gasteiger partial charge in [0.25, 0.3) is 0 Å². The first kappa shape index (κ1) is 16.5. The first-order chi connectivity index (χ1) is 10.5. The number of imide groups is 1. The standard InChI is InChI=1S/C16H23N3O3/c1-11-9-19(10-12(2)22-11)14(13-7-5-4-6-8-13)15(20)18-16(21)17-3/h4-8,11-12,14H,9-10H2,1-3H3,(H2,17,18,20,21)/t11-,12-,14-/m0/s1. The molecule has 3 amide bonds. The van der Waals surface area contributed by atoms with Gasteiger partial charge in [0.05, 0.1) is 12.2 Å². The van der Waals surface area contributed by atoms with E-state index in [9.17, 15) is 9.59 Å². The summed E-state index contributed by atoms with van der Waals surface area (Å²) >= 11 is 0. The Morgan fingerprint density at radius 2 is 1.77 bits per heavy atom. The predicted molar refractivity (Wildman–Crippen MR) is 83.4 cm³/mol. The van der Waals surface area contributed by atoms with Crippen LogP contribution in [0.5, 0.6) is 0 Å². The molecule has 2 N–H and O–H groups in total. The van der Waals surface area contributed by atoms with E-state index in [0.717, 1.165) is 5.56 Å². The van der Waals surface area contributed by atoms with Crippen LogP contribution in [0.4, 0.5) is 4.79 Å². The lowest BCUT2D eigenvalue weighted by Crippen LogP contribution is -2.52. The third-order valence-corrected chi connectivity index (χ3v) is 3.64. The summed E-state index contributed by atoms with van der Waals surface area (Å²) in [6.07, 6.45) is 0.0885. The van der Waals surface area contributed by atoms with Crippen LogP contribution in [-0.2, 0) is 9.53 Å². The highest BCUT2D eigenvalue weighted by molar-refractivity contribution is 5.97. The van der Waals surface area contributed by atoms with Gasteiger partial charge in [-0.2, -0.15) is 0 Å². The Balaban J connectivity index is 2.25. The number of nitrogens with zero attached hydrogens (tertiary/aromatic N) is 1. The van der Waals surface area contributed by atoms with E-state index in [2.05, 4.69) is 15.5 Å². The maximum atomic E-state index is 12.6. The van der Waals surface area contributed by atoms with E-state index in [4.69, 9.17) is 4.74 Å². The second-order valence-corrected chi connectivity index (χ2v) is 5.59. The van der Waals surface area contributed by atoms with Crippen molar-refractivity contribution in [2.45, 2.75) is 32.1 Å². The van der Waals surface area contributed by atoms with E-state index in [1.54, 1.807) is 0 Å². The fourth-order valence-corrected chi connectivity index (χ4v) is 2.83. The van der Waals surface area contributed by atoms with Crippen molar-refractivity contribution in [1.29, 1.82) is 0 Å². The van der Waals surface area contributed by atoms with Gasteiger partial charge in [-0.25, -0.2) is 4.79 Å². The molecule has 2 rings (SSSR count). The topological polar surface area (TPSA) is 70.7 Å². The molecule has 6 heteroatoms. The summed E-state index contributed by atoms with van der Waals surface area (Å²) < 4.78 is 5.73. The van der Waals surface area contributed by atoms with Gasteiger partial charge in [0.1, 0.15) is 6.04 Å². The largest absolute Gasteiger partial charge is 0.373 e. The van der Waals surface area contributed by atoms with Crippen molar-refractivity contribution in [3.8, 4) is 0 Å². The maximum absolute atomic E-state index is 12.6. The Bertz CT molecular complexity index is 511. The molecule has 0 saturated carbocycles. The minimum absolute atomic E-state index is 0.0442. The molecule has 0 aromatic heterocycles. The van der Waals surface area contributed by atoms with Crippen LogP contribution in [0, 0.1) is 0 Å². The second-order valence-electron chi connectivity index (χ2n) is 5.59. The average Bonchev–Trinajstić information content (AvgIpc) is 2.47. The number of morpholine rings is 1. The highest BCUT2D eigenvalue weighted by atomic mass is 16.5. The van der Waals surface area contributed by atoms with Gasteiger partial charge in [0.2, 0.25) is 5.91 Å². The van der Waals surface area contributed by atoms with Gasteiger partial charge < -0.3 is 10.1 Å². The van der Waals surface area contributed by atoms with Gasteiger partial charge >= 0.3 is 6.03 Å². The molecule has 6 nitrogen and oxygen atoms in total. The van der Waals surface area contributed by atoms with Crippen LogP contribution in [0.1, 0.15) is 25.5 Å². The molecule has 120 valence electrons. The van der Waals surface area contributed by atoms with Gasteiger partial charge in [0.15, 0.2) is 0 Å². The molecular formula is C16H23N3O3. The highest BCUT2D eigenvalue weighted by Crippen LogP contribution is 2.25. The van der Waals surface area contributed by atoms with E-state index in [1.165, 1.54) is 7.05 Å². The van der Waals surface area contributed by atoms with Crippen molar-refractivity contribution in [3.63, 3.8) is 0 Å². The Morgan fingerprint density at radius 1 is 1.18 bits per heavy atom. The van der Waals surface area contributed by atoms with Crippen molar-refractivity contribution in [2.75, 3.05) is 20.1 Å². The molecule has 0 radical (unpaired) electrons. The number of benzene rings is 1. The zero-order valence-corrected chi connectivity index (χ0v) is 13.2. The van der Waals surface area contributed by atoms with Crippen molar-refractivity contribution < 1.29 is 14.3 Å². The molecule has 0 spiro atoms. The van der Waals surface area contributed by atoms with Crippen molar-refractivity contribution in [3.05, 3.63) is 35.9 Å². The van der Waals surface area contributed by atoms with Gasteiger partial charge in [-0.3, -0.25) is 15.0 Å². The van der Waals surface area contributed by atoms with Crippen LogP contribution in [0.2, 0.25) is 0 Å². The smallest absolute Gasteiger partial charge is 0.321 e. The highest BCUT2D eigenvalue weighted by Gasteiger charge is 2.33. The molecule has 3 atom stereocenters. The minimum atomic E-state index is -0.507. The fraction of sp³-hybridized carbons (Fsp3) is 0.500. The first-order valence-corrected chi connectivity index (χ1v) is 7.48. The van der Waals surface area contributed by atoms with Gasteiger partial charge in [-0.05, 0) is 19.4 Å². The number of hydrogen-bond acceptors (Lipinski definition) is 4. The Kier molecular flexibility index (Phi) is 5.51. The molecule has 0 bridgehead atoms. The Labute approximate surface area is 130 Å². The number of nitrogens with one attached hydrogen (secondary N) is 2. The number of carbonyl (C=O) groups excluding carboxylic acids is 2. The summed E-state index contributed by atoms with van der Waals surface area (Å²) in [5, 5.41) is 4.79. The van der Waals surface area contributed by atoms with Gasteiger partial charge in [-0.15, -0.1) is 0 Å². The van der Waals surface area contributed by atoms with Crippen LogP contribution in [0.3, 0.4) is 0 Å². The lowest BCUT2D eigenvalue weighted by atomic mass is 10.0. The number of rotatable bonds is 3. The summed E-state index contributed by atoms with van der Waals surface area (Å²) in [7, 11) is 1.49. The summed E-state index contributed by atoms with van der Waals surface area (Å²) in [5.74, 6) is -0.327. The zero-order chi connectivity index (χ0) is 16.1. The summed E-state index contributed by atoms with van der Waals surface area (Å²) in [6.45, 7) is 5.26. The average molecular weight is 305 g/mol. The van der Waals surface area contributed by atoms with E-state index < -0.39 is 12.1 Å². The number of amides is 3. The molecule has 1 fully saturated rings. The molecule has 1 aliphatic heterocycles. The molecule has 1 aromatic rings. The van der Waals surface area contributed by atoms with Crippen LogP contribution in [-0.4, -0.2) is 49.2 Å². The van der Waals surface area contributed by atoms with E-state index in [1.807, 2.05) is 44.2 Å². The molecule has 1 aliphatic rings. The third-order valence-electron chi connectivity index (χ3n) is 3.64. The number of carbonyl (C=O) groups is 2. The Morgan fingerprint density at radius 3 is 2.32 bits per heavy atom. The Hall–Kier alpha value is -1.92. The van der Waals surface area contributed by atoms with E-state index >= 15 is 0 Å². The number of ether oxygens (including phenoxy) is 1. The zero-order valence-electron chi connectivity index (χ0n) is 13.2.